The molecule has 1 aromatic heterocycles. The zero-order chi connectivity index (χ0) is 19.3. The van der Waals surface area contributed by atoms with Gasteiger partial charge in [0.05, 0.1) is 12.8 Å². The van der Waals surface area contributed by atoms with Crippen LogP contribution >= 0.6 is 0 Å². The number of hydrogen-bond acceptors (Lipinski definition) is 4. The number of amides is 2. The highest BCUT2D eigenvalue weighted by atomic mass is 32.2. The number of nitrogens with zero attached hydrogens (tertiary/aromatic N) is 3. The first kappa shape index (κ1) is 17.7. The Morgan fingerprint density at radius 3 is 2.61 bits per heavy atom. The molecule has 28 heavy (non-hydrogen) atoms. The van der Waals surface area contributed by atoms with Crippen molar-refractivity contribution in [2.45, 2.75) is 56.4 Å². The van der Waals surface area contributed by atoms with Gasteiger partial charge in [-0.3, -0.25) is 0 Å². The van der Waals surface area contributed by atoms with Crippen LogP contribution in [0.4, 0.5) is 10.5 Å². The van der Waals surface area contributed by atoms with Crippen molar-refractivity contribution in [1.82, 2.24) is 9.78 Å². The van der Waals surface area contributed by atoms with Crippen molar-refractivity contribution in [1.29, 1.82) is 0 Å². The van der Waals surface area contributed by atoms with E-state index in [4.69, 9.17) is 9.88 Å². The normalized spacial score (nSPS) is 19.2. The lowest BCUT2D eigenvalue weighted by molar-refractivity contribution is 0.224. The Kier molecular flexibility index (Phi) is 4.17. The van der Waals surface area contributed by atoms with Crippen molar-refractivity contribution < 1.29 is 13.7 Å². The molecule has 0 bridgehead atoms. The lowest BCUT2D eigenvalue weighted by Crippen LogP contribution is -2.21. The molecule has 0 radical (unpaired) electrons. The second-order valence-electron chi connectivity index (χ2n) is 7.56. The average molecular weight is 401 g/mol. The lowest BCUT2D eigenvalue weighted by atomic mass is 9.99. The summed E-state index contributed by atoms with van der Waals surface area (Å²) in [5.74, 6) is 0.344. The summed E-state index contributed by atoms with van der Waals surface area (Å²) in [6.07, 6.45) is 8.35. The number of carbonyl (C=O) groups excluding carboxylic acids is 1. The van der Waals surface area contributed by atoms with Gasteiger partial charge in [-0.25, -0.2) is 18.8 Å². The first-order valence-corrected chi connectivity index (χ1v) is 11.3. The van der Waals surface area contributed by atoms with Crippen molar-refractivity contribution in [3.05, 3.63) is 34.5 Å². The zero-order valence-electron chi connectivity index (χ0n) is 15.6. The molecular formula is C19H23N5O3S. The van der Waals surface area contributed by atoms with Crippen molar-refractivity contribution in [3.8, 4) is 5.88 Å². The van der Waals surface area contributed by atoms with Crippen molar-refractivity contribution in [2.24, 2.45) is 9.50 Å². The SMILES string of the molecule is N[S@](=O)(=NC(=O)Nc1c2c(cc3c1CCC3)CCC2)c1cnn2c1OCCC2. The van der Waals surface area contributed by atoms with Gasteiger partial charge >= 0.3 is 6.03 Å². The monoisotopic (exact) mass is 401 g/mol. The smallest absolute Gasteiger partial charge is 0.354 e. The first-order chi connectivity index (χ1) is 13.5. The third-order valence-corrected chi connectivity index (χ3v) is 7.10. The molecule has 0 spiro atoms. The molecule has 9 heteroatoms. The second-order valence-corrected chi connectivity index (χ2v) is 9.32. The minimum absolute atomic E-state index is 0.172. The molecule has 2 aromatic rings. The van der Waals surface area contributed by atoms with Crippen molar-refractivity contribution in [2.75, 3.05) is 11.9 Å². The van der Waals surface area contributed by atoms with E-state index in [1.807, 2.05) is 0 Å². The minimum Gasteiger partial charge on any atom is -0.477 e. The van der Waals surface area contributed by atoms with Crippen LogP contribution in [0.15, 0.2) is 21.5 Å². The number of anilines is 1. The highest BCUT2D eigenvalue weighted by Crippen LogP contribution is 2.38. The van der Waals surface area contributed by atoms with E-state index in [-0.39, 0.29) is 4.90 Å². The van der Waals surface area contributed by atoms with E-state index in [1.165, 1.54) is 28.5 Å². The number of hydrogen-bond donors (Lipinski definition) is 2. The molecule has 2 aliphatic carbocycles. The maximum Gasteiger partial charge on any atom is 0.354 e. The van der Waals surface area contributed by atoms with Crippen LogP contribution in [-0.4, -0.2) is 26.6 Å². The Balaban J connectivity index is 1.49. The molecule has 0 fully saturated rings. The molecule has 1 atom stereocenters. The summed E-state index contributed by atoms with van der Waals surface area (Å²) >= 11 is 0. The van der Waals surface area contributed by atoms with Crippen LogP contribution in [0.3, 0.4) is 0 Å². The maximum absolute atomic E-state index is 13.0. The number of aromatic nitrogens is 2. The fraction of sp³-hybridized carbons (Fsp3) is 0.474. The Morgan fingerprint density at radius 1 is 1.18 bits per heavy atom. The quantitative estimate of drug-likeness (QED) is 0.805. The molecule has 1 aliphatic heterocycles. The van der Waals surface area contributed by atoms with Crippen LogP contribution in [0.25, 0.3) is 0 Å². The predicted octanol–water partition coefficient (Wildman–Crippen LogP) is 2.58. The van der Waals surface area contributed by atoms with Crippen LogP contribution in [0, 0.1) is 0 Å². The van der Waals surface area contributed by atoms with Crippen LogP contribution in [-0.2, 0) is 42.1 Å². The summed E-state index contributed by atoms with van der Waals surface area (Å²) in [6, 6.07) is 1.61. The van der Waals surface area contributed by atoms with Gasteiger partial charge in [-0.05, 0) is 60.8 Å². The molecule has 8 nitrogen and oxygen atoms in total. The van der Waals surface area contributed by atoms with Crippen LogP contribution < -0.4 is 15.2 Å². The topological polar surface area (TPSA) is 112 Å². The van der Waals surface area contributed by atoms with Gasteiger partial charge in [-0.15, -0.1) is 4.36 Å². The van der Waals surface area contributed by atoms with Crippen LogP contribution in [0.1, 0.15) is 41.5 Å². The minimum atomic E-state index is -3.45. The van der Waals surface area contributed by atoms with E-state index < -0.39 is 15.9 Å². The molecule has 3 N–H and O–H groups in total. The second kappa shape index (κ2) is 6.59. The molecule has 3 aliphatic rings. The third kappa shape index (κ3) is 2.89. The largest absolute Gasteiger partial charge is 0.477 e. The summed E-state index contributed by atoms with van der Waals surface area (Å²) < 4.78 is 24.0. The first-order valence-electron chi connectivity index (χ1n) is 9.74. The molecule has 0 saturated carbocycles. The summed E-state index contributed by atoms with van der Waals surface area (Å²) in [4.78, 5) is 12.9. The molecule has 1 aromatic carbocycles. The van der Waals surface area contributed by atoms with E-state index in [0.717, 1.165) is 50.6 Å². The van der Waals surface area contributed by atoms with E-state index in [0.29, 0.717) is 19.0 Å². The number of nitrogens with one attached hydrogen (secondary N) is 1. The van der Waals surface area contributed by atoms with Gasteiger partial charge in [-0.1, -0.05) is 6.07 Å². The van der Waals surface area contributed by atoms with Gasteiger partial charge in [0, 0.05) is 18.7 Å². The third-order valence-electron chi connectivity index (χ3n) is 5.75. The van der Waals surface area contributed by atoms with E-state index in [9.17, 15) is 9.00 Å². The number of ether oxygens (including phenoxy) is 1. The van der Waals surface area contributed by atoms with Crippen LogP contribution in [0.2, 0.25) is 0 Å². The molecule has 2 amide bonds. The highest BCUT2D eigenvalue weighted by molar-refractivity contribution is 7.91. The number of fused-ring (bicyclic) bond motifs is 3. The Hall–Kier alpha value is -2.39. The molecule has 0 saturated heterocycles. The Morgan fingerprint density at radius 2 is 1.89 bits per heavy atom. The maximum atomic E-state index is 13.0. The lowest BCUT2D eigenvalue weighted by Gasteiger charge is -2.16. The average Bonchev–Trinajstić information content (AvgIpc) is 3.39. The number of aryl methyl sites for hydroxylation is 3. The van der Waals surface area contributed by atoms with Crippen molar-refractivity contribution >= 4 is 21.6 Å². The van der Waals surface area contributed by atoms with Gasteiger partial charge in [0.1, 0.15) is 4.90 Å². The van der Waals surface area contributed by atoms with Gasteiger partial charge < -0.3 is 10.1 Å². The van der Waals surface area contributed by atoms with E-state index in [2.05, 4.69) is 20.8 Å². The molecule has 0 unspecified atom stereocenters. The Bertz CT molecular complexity index is 1070. The van der Waals surface area contributed by atoms with Crippen LogP contribution in [0.5, 0.6) is 5.88 Å². The number of urea groups is 1. The number of rotatable bonds is 2. The van der Waals surface area contributed by atoms with Gasteiger partial charge in [0.15, 0.2) is 9.92 Å². The number of benzene rings is 1. The number of nitrogens with two attached hydrogens (primary N) is 1. The fourth-order valence-corrected chi connectivity index (χ4v) is 5.52. The molecule has 5 rings (SSSR count). The molecular weight excluding hydrogens is 378 g/mol. The molecule has 2 heterocycles. The Labute approximate surface area is 163 Å². The predicted molar refractivity (Wildman–Crippen MR) is 105 cm³/mol. The fourth-order valence-electron chi connectivity index (χ4n) is 4.51. The summed E-state index contributed by atoms with van der Waals surface area (Å²) in [6.45, 7) is 1.17. The van der Waals surface area contributed by atoms with Gasteiger partial charge in [0.2, 0.25) is 5.88 Å². The van der Waals surface area contributed by atoms with Gasteiger partial charge in [-0.2, -0.15) is 5.10 Å². The summed E-state index contributed by atoms with van der Waals surface area (Å²) in [7, 11) is -3.45. The van der Waals surface area contributed by atoms with Crippen molar-refractivity contribution in [3.63, 3.8) is 0 Å². The number of carbonyl (C=O) groups is 1. The highest BCUT2D eigenvalue weighted by Gasteiger charge is 2.27. The van der Waals surface area contributed by atoms with Gasteiger partial charge in [0.25, 0.3) is 0 Å². The summed E-state index contributed by atoms with van der Waals surface area (Å²) in [5, 5.41) is 13.0. The van der Waals surface area contributed by atoms with E-state index in [1.54, 1.807) is 4.68 Å². The standard InChI is InChI=1S/C19H23N5O3S/c20-28(26,16-11-21-24-8-3-9-27-18(16)24)23-19(25)22-17-14-6-1-4-12(14)10-13-5-2-7-15(13)17/h10-11H,1-9H2,(H3,20,22,23,25,26)/t28-/m0/s1. The summed E-state index contributed by atoms with van der Waals surface area (Å²) in [5.41, 5.74) is 5.87. The zero-order valence-corrected chi connectivity index (χ0v) is 16.4. The molecule has 148 valence electrons. The van der Waals surface area contributed by atoms with E-state index >= 15 is 0 Å².